The highest BCUT2D eigenvalue weighted by Gasteiger charge is 2.20. The molecule has 0 aliphatic carbocycles. The summed E-state index contributed by atoms with van der Waals surface area (Å²) in [4.78, 5) is 25.5. The predicted molar refractivity (Wildman–Crippen MR) is 74.6 cm³/mol. The fourth-order valence-corrected chi connectivity index (χ4v) is 2.07. The van der Waals surface area contributed by atoms with Crippen molar-refractivity contribution >= 4 is 11.8 Å². The summed E-state index contributed by atoms with van der Waals surface area (Å²) >= 11 is 0. The number of hydrogen-bond donors (Lipinski definition) is 3. The lowest BCUT2D eigenvalue weighted by Gasteiger charge is -2.29. The average molecular weight is 270 g/mol. The number of nitrogens with zero attached hydrogens (tertiary/aromatic N) is 1. The van der Waals surface area contributed by atoms with Gasteiger partial charge in [-0.3, -0.25) is 14.5 Å². The summed E-state index contributed by atoms with van der Waals surface area (Å²) in [6.07, 6.45) is 2.75. The monoisotopic (exact) mass is 270 g/mol. The number of piperidine rings is 1. The second kappa shape index (κ2) is 8.12. The summed E-state index contributed by atoms with van der Waals surface area (Å²) in [5.74, 6) is -0.231. The summed E-state index contributed by atoms with van der Waals surface area (Å²) in [6, 6.07) is -0.218. The van der Waals surface area contributed by atoms with Crippen molar-refractivity contribution < 1.29 is 9.59 Å². The van der Waals surface area contributed by atoms with Crippen molar-refractivity contribution in [1.82, 2.24) is 15.5 Å². The van der Waals surface area contributed by atoms with E-state index >= 15 is 0 Å². The van der Waals surface area contributed by atoms with E-state index < -0.39 is 6.04 Å². The van der Waals surface area contributed by atoms with Crippen molar-refractivity contribution in [3.63, 3.8) is 0 Å². The molecule has 0 aromatic carbocycles. The SMILES string of the molecule is CCCNC(=O)C(C)NC(=O)CN1CCC(N)CC1. The summed E-state index contributed by atoms with van der Waals surface area (Å²) in [7, 11) is 0. The van der Waals surface area contributed by atoms with Gasteiger partial charge in [-0.2, -0.15) is 0 Å². The minimum absolute atomic E-state index is 0.102. The largest absolute Gasteiger partial charge is 0.354 e. The van der Waals surface area contributed by atoms with E-state index in [-0.39, 0.29) is 17.9 Å². The van der Waals surface area contributed by atoms with Gasteiger partial charge in [0.15, 0.2) is 0 Å². The molecule has 6 nitrogen and oxygen atoms in total. The minimum Gasteiger partial charge on any atom is -0.354 e. The van der Waals surface area contributed by atoms with Crippen LogP contribution >= 0.6 is 0 Å². The lowest BCUT2D eigenvalue weighted by atomic mass is 10.1. The second-order valence-corrected chi connectivity index (χ2v) is 5.19. The van der Waals surface area contributed by atoms with Gasteiger partial charge >= 0.3 is 0 Å². The minimum atomic E-state index is -0.480. The molecule has 1 aliphatic heterocycles. The van der Waals surface area contributed by atoms with Crippen molar-refractivity contribution in [2.24, 2.45) is 5.73 Å². The molecular formula is C13H26N4O2. The van der Waals surface area contributed by atoms with Crippen molar-refractivity contribution in [3.8, 4) is 0 Å². The van der Waals surface area contributed by atoms with Gasteiger partial charge < -0.3 is 16.4 Å². The molecule has 2 amide bonds. The lowest BCUT2D eigenvalue weighted by molar-refractivity contribution is -0.129. The van der Waals surface area contributed by atoms with Crippen LogP contribution in [-0.4, -0.2) is 55.0 Å². The Morgan fingerprint density at radius 1 is 1.37 bits per heavy atom. The first-order valence-electron chi connectivity index (χ1n) is 7.08. The molecular weight excluding hydrogens is 244 g/mol. The summed E-state index contributed by atoms with van der Waals surface area (Å²) in [6.45, 7) is 6.39. The maximum absolute atomic E-state index is 11.8. The average Bonchev–Trinajstić information content (AvgIpc) is 2.38. The molecule has 1 fully saturated rings. The number of nitrogens with two attached hydrogens (primary N) is 1. The van der Waals surface area contributed by atoms with E-state index in [0.29, 0.717) is 13.1 Å². The molecule has 6 heteroatoms. The Bertz CT molecular complexity index is 301. The third kappa shape index (κ3) is 6.02. The van der Waals surface area contributed by atoms with Crippen LogP contribution in [0.25, 0.3) is 0 Å². The Morgan fingerprint density at radius 3 is 2.58 bits per heavy atom. The number of amides is 2. The Labute approximate surface area is 115 Å². The fraction of sp³-hybridized carbons (Fsp3) is 0.846. The maximum Gasteiger partial charge on any atom is 0.242 e. The zero-order valence-electron chi connectivity index (χ0n) is 11.9. The van der Waals surface area contributed by atoms with Crippen LogP contribution in [0.1, 0.15) is 33.1 Å². The Balaban J connectivity index is 2.24. The molecule has 0 bridgehead atoms. The molecule has 1 saturated heterocycles. The third-order valence-corrected chi connectivity index (χ3v) is 3.32. The molecule has 0 aromatic rings. The Hall–Kier alpha value is -1.14. The van der Waals surface area contributed by atoms with Crippen molar-refractivity contribution in [3.05, 3.63) is 0 Å². The maximum atomic E-state index is 11.8. The molecule has 1 atom stereocenters. The van der Waals surface area contributed by atoms with Gasteiger partial charge in [0.2, 0.25) is 11.8 Å². The standard InChI is InChI=1S/C13H26N4O2/c1-3-6-15-13(19)10(2)16-12(18)9-17-7-4-11(14)5-8-17/h10-11H,3-9,14H2,1-2H3,(H,15,19)(H,16,18). The second-order valence-electron chi connectivity index (χ2n) is 5.19. The first kappa shape index (κ1) is 15.9. The van der Waals surface area contributed by atoms with Crippen LogP contribution in [0.3, 0.4) is 0 Å². The topological polar surface area (TPSA) is 87.5 Å². The van der Waals surface area contributed by atoms with E-state index in [1.54, 1.807) is 6.92 Å². The fourth-order valence-electron chi connectivity index (χ4n) is 2.07. The molecule has 0 saturated carbocycles. The van der Waals surface area contributed by atoms with E-state index in [2.05, 4.69) is 15.5 Å². The normalized spacial score (nSPS) is 18.9. The van der Waals surface area contributed by atoms with Crippen LogP contribution in [0.5, 0.6) is 0 Å². The lowest BCUT2D eigenvalue weighted by Crippen LogP contribution is -2.49. The molecule has 1 rings (SSSR count). The van der Waals surface area contributed by atoms with E-state index in [9.17, 15) is 9.59 Å². The van der Waals surface area contributed by atoms with E-state index in [4.69, 9.17) is 5.73 Å². The van der Waals surface area contributed by atoms with E-state index in [1.807, 2.05) is 6.92 Å². The number of hydrogen-bond acceptors (Lipinski definition) is 4. The van der Waals surface area contributed by atoms with Gasteiger partial charge in [0.25, 0.3) is 0 Å². The van der Waals surface area contributed by atoms with Crippen LogP contribution in [0.2, 0.25) is 0 Å². The number of nitrogens with one attached hydrogen (secondary N) is 2. The third-order valence-electron chi connectivity index (χ3n) is 3.32. The van der Waals surface area contributed by atoms with Crippen molar-refractivity contribution in [2.45, 2.75) is 45.2 Å². The number of rotatable bonds is 6. The first-order valence-corrected chi connectivity index (χ1v) is 7.08. The van der Waals surface area contributed by atoms with Crippen LogP contribution in [0.15, 0.2) is 0 Å². The van der Waals surface area contributed by atoms with Gasteiger partial charge in [-0.05, 0) is 26.2 Å². The molecule has 4 N–H and O–H groups in total. The first-order chi connectivity index (χ1) is 9.02. The molecule has 1 heterocycles. The van der Waals surface area contributed by atoms with Gasteiger partial charge in [0, 0.05) is 25.7 Å². The van der Waals surface area contributed by atoms with Crippen molar-refractivity contribution in [2.75, 3.05) is 26.2 Å². The Kier molecular flexibility index (Phi) is 6.80. The summed E-state index contributed by atoms with van der Waals surface area (Å²) < 4.78 is 0. The smallest absolute Gasteiger partial charge is 0.242 e. The predicted octanol–water partition coefficient (Wildman–Crippen LogP) is -0.560. The van der Waals surface area contributed by atoms with Crippen LogP contribution in [-0.2, 0) is 9.59 Å². The molecule has 19 heavy (non-hydrogen) atoms. The zero-order chi connectivity index (χ0) is 14.3. The van der Waals surface area contributed by atoms with Gasteiger partial charge in [-0.1, -0.05) is 6.92 Å². The van der Waals surface area contributed by atoms with Crippen molar-refractivity contribution in [1.29, 1.82) is 0 Å². The van der Waals surface area contributed by atoms with Gasteiger partial charge in [-0.25, -0.2) is 0 Å². The number of likely N-dealkylation sites (tertiary alicyclic amines) is 1. The van der Waals surface area contributed by atoms with Gasteiger partial charge in [0.05, 0.1) is 6.54 Å². The summed E-state index contributed by atoms with van der Waals surface area (Å²) in [5.41, 5.74) is 5.81. The molecule has 0 spiro atoms. The highest BCUT2D eigenvalue weighted by atomic mass is 16.2. The van der Waals surface area contributed by atoms with Gasteiger partial charge in [-0.15, -0.1) is 0 Å². The van der Waals surface area contributed by atoms with Crippen LogP contribution in [0.4, 0.5) is 0 Å². The molecule has 1 unspecified atom stereocenters. The summed E-state index contributed by atoms with van der Waals surface area (Å²) in [5, 5.41) is 5.49. The van der Waals surface area contributed by atoms with E-state index in [1.165, 1.54) is 0 Å². The van der Waals surface area contributed by atoms with Crippen LogP contribution in [0, 0.1) is 0 Å². The highest BCUT2D eigenvalue weighted by Crippen LogP contribution is 2.07. The molecule has 0 radical (unpaired) electrons. The zero-order valence-corrected chi connectivity index (χ0v) is 11.9. The Morgan fingerprint density at radius 2 is 2.00 bits per heavy atom. The number of carbonyl (C=O) groups is 2. The highest BCUT2D eigenvalue weighted by molar-refractivity contribution is 5.87. The molecule has 0 aromatic heterocycles. The van der Waals surface area contributed by atoms with Crippen LogP contribution < -0.4 is 16.4 Å². The molecule has 1 aliphatic rings. The quantitative estimate of drug-likeness (QED) is 0.604. The van der Waals surface area contributed by atoms with E-state index in [0.717, 1.165) is 32.4 Å². The number of carbonyl (C=O) groups excluding carboxylic acids is 2. The van der Waals surface area contributed by atoms with Gasteiger partial charge in [0.1, 0.15) is 6.04 Å². The molecule has 110 valence electrons.